The van der Waals surface area contributed by atoms with Gasteiger partial charge in [0.05, 0.1) is 0 Å². The Morgan fingerprint density at radius 2 is 1.79 bits per heavy atom. The van der Waals surface area contributed by atoms with Crippen molar-refractivity contribution in [3.63, 3.8) is 0 Å². The molecule has 2 unspecified atom stereocenters. The highest BCUT2D eigenvalue weighted by molar-refractivity contribution is 6.74. The van der Waals surface area contributed by atoms with Gasteiger partial charge < -0.3 is 14.3 Å². The molecule has 7 heteroatoms. The zero-order valence-electron chi connectivity index (χ0n) is 19.8. The monoisotopic (exact) mass is 427 g/mol. The molecule has 0 saturated carbocycles. The van der Waals surface area contributed by atoms with Crippen LogP contribution in [-0.4, -0.2) is 55.2 Å². The van der Waals surface area contributed by atoms with Gasteiger partial charge in [0.15, 0.2) is 13.9 Å². The van der Waals surface area contributed by atoms with Crippen molar-refractivity contribution in [2.45, 2.75) is 97.5 Å². The van der Waals surface area contributed by atoms with Crippen molar-refractivity contribution in [3.05, 3.63) is 12.2 Å². The number of likely N-dealkylation sites (tertiary alicyclic amines) is 1. The van der Waals surface area contributed by atoms with Gasteiger partial charge >= 0.3 is 12.1 Å². The number of rotatable bonds is 7. The average Bonchev–Trinajstić information content (AvgIpc) is 2.87. The van der Waals surface area contributed by atoms with E-state index in [0.29, 0.717) is 31.4 Å². The van der Waals surface area contributed by atoms with Crippen LogP contribution in [0.4, 0.5) is 4.79 Å². The molecule has 1 saturated heterocycles. The van der Waals surface area contributed by atoms with Crippen molar-refractivity contribution in [1.82, 2.24) is 4.90 Å². The minimum atomic E-state index is -1.91. The molecule has 0 aromatic heterocycles. The number of amides is 1. The van der Waals surface area contributed by atoms with Crippen molar-refractivity contribution < 1.29 is 23.9 Å². The Balaban J connectivity index is 3.03. The highest BCUT2D eigenvalue weighted by atomic mass is 28.4. The topological polar surface area (TPSA) is 76.1 Å². The van der Waals surface area contributed by atoms with Crippen LogP contribution in [0.5, 0.6) is 0 Å². The quantitative estimate of drug-likeness (QED) is 0.253. The van der Waals surface area contributed by atoms with Crippen LogP contribution in [0.15, 0.2) is 12.2 Å². The van der Waals surface area contributed by atoms with Crippen LogP contribution in [0.3, 0.4) is 0 Å². The predicted molar refractivity (Wildman–Crippen MR) is 119 cm³/mol. The number of hydrogen-bond donors (Lipinski definition) is 1. The van der Waals surface area contributed by atoms with Crippen molar-refractivity contribution in [1.29, 1.82) is 0 Å². The van der Waals surface area contributed by atoms with Crippen molar-refractivity contribution in [2.24, 2.45) is 5.41 Å². The lowest BCUT2D eigenvalue weighted by atomic mass is 9.85. The van der Waals surface area contributed by atoms with Gasteiger partial charge in [-0.05, 0) is 55.3 Å². The number of hydrogen-bond acceptors (Lipinski definition) is 4. The van der Waals surface area contributed by atoms with E-state index in [4.69, 9.17) is 9.16 Å². The molecule has 0 bridgehead atoms. The first-order chi connectivity index (χ1) is 13.0. The number of carbonyl (C=O) groups excluding carboxylic acids is 1. The predicted octanol–water partition coefficient (Wildman–Crippen LogP) is 5.44. The molecule has 0 spiro atoms. The molecule has 2 atom stereocenters. The molecule has 1 N–H and O–H groups in total. The zero-order valence-corrected chi connectivity index (χ0v) is 20.8. The maximum Gasteiger partial charge on any atom is 0.408 e. The van der Waals surface area contributed by atoms with E-state index >= 15 is 0 Å². The molecule has 168 valence electrons. The van der Waals surface area contributed by atoms with Crippen molar-refractivity contribution >= 4 is 20.4 Å². The van der Waals surface area contributed by atoms with Crippen LogP contribution in [0.1, 0.15) is 67.7 Å². The summed E-state index contributed by atoms with van der Waals surface area (Å²) < 4.78 is 12.0. The summed E-state index contributed by atoms with van der Waals surface area (Å²) in [4.78, 5) is 26.4. The molecule has 1 heterocycles. The largest absolute Gasteiger partial charge is 0.465 e. The van der Waals surface area contributed by atoms with Crippen LogP contribution in [0.25, 0.3) is 0 Å². The summed E-state index contributed by atoms with van der Waals surface area (Å²) in [5.41, 5.74) is -0.961. The minimum Gasteiger partial charge on any atom is -0.465 e. The fraction of sp³-hybridized carbons (Fsp3) is 0.818. The lowest BCUT2D eigenvalue weighted by Crippen LogP contribution is -2.55. The van der Waals surface area contributed by atoms with Gasteiger partial charge in [0, 0.05) is 13.2 Å². The first kappa shape index (κ1) is 25.7. The standard InChI is InChI=1S/C22H41NO5Si/c1-16-12-14-23(19(25)26)22(16,18(24)28-17(2)20(3,4)5)13-11-15-27-29(9,10)21(6,7)8/h17H,1,11-15H2,2-10H3,(H,25,26). The fourth-order valence-electron chi connectivity index (χ4n) is 3.07. The highest BCUT2D eigenvalue weighted by Gasteiger charge is 2.54. The molecule has 1 fully saturated rings. The molecule has 0 aromatic rings. The third kappa shape index (κ3) is 5.63. The van der Waals surface area contributed by atoms with Crippen LogP contribution in [-0.2, 0) is 14.0 Å². The maximum atomic E-state index is 13.3. The van der Waals surface area contributed by atoms with Gasteiger partial charge in [-0.2, -0.15) is 0 Å². The van der Waals surface area contributed by atoms with E-state index in [2.05, 4.69) is 40.4 Å². The van der Waals surface area contributed by atoms with E-state index in [0.717, 1.165) is 0 Å². The summed E-state index contributed by atoms with van der Waals surface area (Å²) in [5, 5.41) is 9.85. The highest BCUT2D eigenvalue weighted by Crippen LogP contribution is 2.41. The SMILES string of the molecule is C=C1CCN(C(=O)O)C1(CCCO[Si](C)(C)C(C)(C)C)C(=O)OC(C)C(C)(C)C. The van der Waals surface area contributed by atoms with E-state index in [1.165, 1.54) is 4.90 Å². The summed E-state index contributed by atoms with van der Waals surface area (Å²) >= 11 is 0. The average molecular weight is 428 g/mol. The normalized spacial score (nSPS) is 22.0. The Hall–Kier alpha value is -1.34. The summed E-state index contributed by atoms with van der Waals surface area (Å²) in [6.45, 7) is 23.5. The number of carbonyl (C=O) groups is 2. The van der Waals surface area contributed by atoms with Gasteiger partial charge in [-0.1, -0.05) is 48.1 Å². The first-order valence-electron chi connectivity index (χ1n) is 10.5. The molecular formula is C22H41NO5Si. The van der Waals surface area contributed by atoms with Crippen LogP contribution in [0.2, 0.25) is 18.1 Å². The molecule has 1 aliphatic heterocycles. The zero-order chi connectivity index (χ0) is 22.8. The summed E-state index contributed by atoms with van der Waals surface area (Å²) in [6.07, 6.45) is -0.112. The summed E-state index contributed by atoms with van der Waals surface area (Å²) in [5.74, 6) is -0.517. The summed E-state index contributed by atoms with van der Waals surface area (Å²) in [6, 6.07) is 0. The molecule has 0 radical (unpaired) electrons. The lowest BCUT2D eigenvalue weighted by Gasteiger charge is -2.39. The molecular weight excluding hydrogens is 386 g/mol. The van der Waals surface area contributed by atoms with Gasteiger partial charge in [0.1, 0.15) is 6.10 Å². The van der Waals surface area contributed by atoms with Crippen LogP contribution < -0.4 is 0 Å². The Morgan fingerprint density at radius 3 is 2.24 bits per heavy atom. The molecule has 1 amide bonds. The van der Waals surface area contributed by atoms with Gasteiger partial charge in [-0.3, -0.25) is 4.90 Å². The van der Waals surface area contributed by atoms with Crippen molar-refractivity contribution in [2.75, 3.05) is 13.2 Å². The van der Waals surface area contributed by atoms with E-state index in [1.54, 1.807) is 0 Å². The second-order valence-corrected chi connectivity index (χ2v) is 15.6. The third-order valence-electron chi connectivity index (χ3n) is 6.71. The molecule has 1 rings (SSSR count). The van der Waals surface area contributed by atoms with Gasteiger partial charge in [0.25, 0.3) is 0 Å². The summed E-state index contributed by atoms with van der Waals surface area (Å²) in [7, 11) is -1.91. The Kier molecular flexibility index (Phi) is 7.80. The molecule has 1 aliphatic rings. The van der Waals surface area contributed by atoms with Gasteiger partial charge in [-0.25, -0.2) is 9.59 Å². The van der Waals surface area contributed by atoms with Crippen LogP contribution >= 0.6 is 0 Å². The minimum absolute atomic E-state index is 0.0931. The maximum absolute atomic E-state index is 13.3. The fourth-order valence-corrected chi connectivity index (χ4v) is 4.16. The van der Waals surface area contributed by atoms with E-state index in [9.17, 15) is 14.7 Å². The van der Waals surface area contributed by atoms with Crippen LogP contribution in [0, 0.1) is 5.41 Å². The first-order valence-corrected chi connectivity index (χ1v) is 13.4. The molecule has 29 heavy (non-hydrogen) atoms. The second-order valence-electron chi connectivity index (χ2n) is 10.8. The molecule has 0 aromatic carbocycles. The van der Waals surface area contributed by atoms with E-state index < -0.39 is 25.9 Å². The van der Waals surface area contributed by atoms with Gasteiger partial charge in [0.2, 0.25) is 0 Å². The van der Waals surface area contributed by atoms with Gasteiger partial charge in [-0.15, -0.1) is 0 Å². The lowest BCUT2D eigenvalue weighted by molar-refractivity contribution is -0.164. The second kappa shape index (κ2) is 8.80. The van der Waals surface area contributed by atoms with E-state index in [-0.39, 0.29) is 23.1 Å². The smallest absolute Gasteiger partial charge is 0.408 e. The van der Waals surface area contributed by atoms with Crippen molar-refractivity contribution in [3.8, 4) is 0 Å². The Bertz CT molecular complexity index is 632. The third-order valence-corrected chi connectivity index (χ3v) is 11.2. The number of nitrogens with zero attached hydrogens (tertiary/aromatic N) is 1. The van der Waals surface area contributed by atoms with E-state index in [1.807, 2.05) is 27.7 Å². The molecule has 6 nitrogen and oxygen atoms in total. The Morgan fingerprint density at radius 1 is 1.24 bits per heavy atom. The Labute approximate surface area is 177 Å². The molecule has 0 aliphatic carbocycles. The number of esters is 1. The number of carboxylic acid groups (broad SMARTS) is 1. The number of ether oxygens (including phenoxy) is 1.